The lowest BCUT2D eigenvalue weighted by Crippen LogP contribution is -2.54. The van der Waals surface area contributed by atoms with Gasteiger partial charge in [-0.3, -0.25) is 4.79 Å². The van der Waals surface area contributed by atoms with E-state index in [-0.39, 0.29) is 17.2 Å². The normalized spacial score (nSPS) is 18.1. The van der Waals surface area contributed by atoms with Gasteiger partial charge in [-0.1, -0.05) is 11.6 Å². The minimum absolute atomic E-state index is 0.0534. The van der Waals surface area contributed by atoms with Gasteiger partial charge < -0.3 is 15.2 Å². The van der Waals surface area contributed by atoms with Gasteiger partial charge in [-0.2, -0.15) is 0 Å². The lowest BCUT2D eigenvalue weighted by Gasteiger charge is -2.36. The van der Waals surface area contributed by atoms with Gasteiger partial charge in [-0.15, -0.1) is 0 Å². The molecule has 0 spiro atoms. The molecule has 1 aliphatic heterocycles. The third kappa shape index (κ3) is 3.23. The van der Waals surface area contributed by atoms with Crippen LogP contribution in [0.4, 0.5) is 4.39 Å². The molecule has 0 bridgehead atoms. The van der Waals surface area contributed by atoms with Crippen molar-refractivity contribution in [1.82, 2.24) is 5.32 Å². The first-order valence-electron chi connectivity index (χ1n) is 6.02. The van der Waals surface area contributed by atoms with Gasteiger partial charge in [0.1, 0.15) is 5.82 Å². The zero-order valence-electron chi connectivity index (χ0n) is 10.3. The quantitative estimate of drug-likeness (QED) is 0.890. The molecule has 1 fully saturated rings. The number of aliphatic hydroxyl groups excluding tert-OH is 1. The Morgan fingerprint density at radius 2 is 2.16 bits per heavy atom. The maximum atomic E-state index is 12.9. The topological polar surface area (TPSA) is 58.6 Å². The first-order chi connectivity index (χ1) is 9.06. The molecular weight excluding hydrogens is 273 g/mol. The van der Waals surface area contributed by atoms with E-state index < -0.39 is 17.3 Å². The second kappa shape index (κ2) is 5.86. The summed E-state index contributed by atoms with van der Waals surface area (Å²) in [6.07, 6.45) is 1.07. The van der Waals surface area contributed by atoms with E-state index in [1.165, 1.54) is 12.1 Å². The number of carbonyl (C=O) groups is 1. The van der Waals surface area contributed by atoms with Crippen LogP contribution in [0, 0.1) is 5.82 Å². The smallest absolute Gasteiger partial charge is 0.253 e. The van der Waals surface area contributed by atoms with Crippen molar-refractivity contribution in [3.63, 3.8) is 0 Å². The molecule has 0 saturated carbocycles. The first-order valence-corrected chi connectivity index (χ1v) is 6.40. The Hall–Kier alpha value is -1.17. The molecule has 2 rings (SSSR count). The molecule has 4 nitrogen and oxygen atoms in total. The van der Waals surface area contributed by atoms with E-state index in [9.17, 15) is 14.3 Å². The van der Waals surface area contributed by atoms with Crippen LogP contribution in [-0.2, 0) is 4.74 Å². The van der Waals surface area contributed by atoms with Gasteiger partial charge in [0.05, 0.1) is 22.7 Å². The Balaban J connectivity index is 2.15. The second-order valence-electron chi connectivity index (χ2n) is 4.63. The van der Waals surface area contributed by atoms with Gasteiger partial charge in [0.2, 0.25) is 0 Å². The van der Waals surface area contributed by atoms with E-state index in [0.29, 0.717) is 26.1 Å². The maximum absolute atomic E-state index is 12.9. The van der Waals surface area contributed by atoms with Crippen LogP contribution in [0.15, 0.2) is 18.2 Å². The fraction of sp³-hybridized carbons (Fsp3) is 0.462. The van der Waals surface area contributed by atoms with Gasteiger partial charge in [0.15, 0.2) is 0 Å². The second-order valence-corrected chi connectivity index (χ2v) is 5.04. The molecule has 1 aliphatic rings. The molecule has 6 heteroatoms. The molecule has 104 valence electrons. The molecule has 0 radical (unpaired) electrons. The summed E-state index contributed by atoms with van der Waals surface area (Å²) in [7, 11) is 0. The van der Waals surface area contributed by atoms with Crippen LogP contribution in [-0.4, -0.2) is 36.4 Å². The van der Waals surface area contributed by atoms with Crippen molar-refractivity contribution in [1.29, 1.82) is 0 Å². The van der Waals surface area contributed by atoms with Gasteiger partial charge in [0.25, 0.3) is 5.91 Å². The zero-order valence-corrected chi connectivity index (χ0v) is 11.0. The summed E-state index contributed by atoms with van der Waals surface area (Å²) < 4.78 is 18.2. The van der Waals surface area contributed by atoms with E-state index in [2.05, 4.69) is 5.32 Å². The fourth-order valence-electron chi connectivity index (χ4n) is 2.07. The van der Waals surface area contributed by atoms with Crippen molar-refractivity contribution in [2.75, 3.05) is 19.8 Å². The van der Waals surface area contributed by atoms with Crippen molar-refractivity contribution in [2.24, 2.45) is 0 Å². The Kier molecular flexibility index (Phi) is 4.39. The number of ether oxygens (including phenoxy) is 1. The molecule has 0 aromatic heterocycles. The van der Waals surface area contributed by atoms with Gasteiger partial charge in [-0.25, -0.2) is 4.39 Å². The minimum Gasteiger partial charge on any atom is -0.394 e. The lowest BCUT2D eigenvalue weighted by molar-refractivity contribution is 0.0125. The Morgan fingerprint density at radius 1 is 1.47 bits per heavy atom. The monoisotopic (exact) mass is 287 g/mol. The Labute approximate surface area is 115 Å². The van der Waals surface area contributed by atoms with E-state index in [0.717, 1.165) is 6.07 Å². The Bertz CT molecular complexity index is 475. The number of aliphatic hydroxyl groups is 1. The number of nitrogens with one attached hydrogen (secondary N) is 1. The van der Waals surface area contributed by atoms with Crippen molar-refractivity contribution in [2.45, 2.75) is 18.4 Å². The number of hydrogen-bond donors (Lipinski definition) is 2. The molecule has 1 heterocycles. The van der Waals surface area contributed by atoms with Crippen LogP contribution in [0.25, 0.3) is 0 Å². The molecule has 0 atom stereocenters. The van der Waals surface area contributed by atoms with Crippen LogP contribution in [0.2, 0.25) is 5.02 Å². The molecule has 19 heavy (non-hydrogen) atoms. The SMILES string of the molecule is O=C(NC1(CO)CCOCC1)c1ccc(F)cc1Cl. The molecule has 1 aromatic rings. The summed E-state index contributed by atoms with van der Waals surface area (Å²) in [5, 5.41) is 12.3. The average molecular weight is 288 g/mol. The van der Waals surface area contributed by atoms with Crippen LogP contribution in [0.1, 0.15) is 23.2 Å². The fourth-order valence-corrected chi connectivity index (χ4v) is 2.32. The van der Waals surface area contributed by atoms with Crippen molar-refractivity contribution < 1.29 is 19.0 Å². The standard InChI is InChI=1S/C13H15ClFNO3/c14-11-7-9(15)1-2-10(11)12(18)16-13(8-17)3-5-19-6-4-13/h1-2,7,17H,3-6,8H2,(H,16,18). The van der Waals surface area contributed by atoms with Gasteiger partial charge in [-0.05, 0) is 31.0 Å². The number of rotatable bonds is 3. The molecular formula is C13H15ClFNO3. The van der Waals surface area contributed by atoms with Crippen molar-refractivity contribution in [3.8, 4) is 0 Å². The largest absolute Gasteiger partial charge is 0.394 e. The maximum Gasteiger partial charge on any atom is 0.253 e. The highest BCUT2D eigenvalue weighted by Gasteiger charge is 2.34. The summed E-state index contributed by atoms with van der Waals surface area (Å²) in [6, 6.07) is 3.60. The number of halogens is 2. The highest BCUT2D eigenvalue weighted by Crippen LogP contribution is 2.23. The molecule has 0 unspecified atom stereocenters. The summed E-state index contributed by atoms with van der Waals surface area (Å²) in [4.78, 5) is 12.1. The van der Waals surface area contributed by atoms with E-state index in [1.807, 2.05) is 0 Å². The van der Waals surface area contributed by atoms with Crippen molar-refractivity contribution >= 4 is 17.5 Å². The first kappa shape index (κ1) is 14.2. The average Bonchev–Trinajstić information content (AvgIpc) is 2.39. The molecule has 0 aliphatic carbocycles. The third-order valence-corrected chi connectivity index (χ3v) is 3.62. The predicted molar refractivity (Wildman–Crippen MR) is 68.7 cm³/mol. The third-order valence-electron chi connectivity index (χ3n) is 3.31. The van der Waals surface area contributed by atoms with Gasteiger partial charge in [0, 0.05) is 13.2 Å². The molecule has 2 N–H and O–H groups in total. The highest BCUT2D eigenvalue weighted by atomic mass is 35.5. The van der Waals surface area contributed by atoms with E-state index >= 15 is 0 Å². The number of hydrogen-bond acceptors (Lipinski definition) is 3. The van der Waals surface area contributed by atoms with E-state index in [1.54, 1.807) is 0 Å². The molecule has 1 saturated heterocycles. The molecule has 1 amide bonds. The van der Waals surface area contributed by atoms with Crippen LogP contribution < -0.4 is 5.32 Å². The summed E-state index contributed by atoms with van der Waals surface area (Å²) in [5.74, 6) is -0.912. The highest BCUT2D eigenvalue weighted by molar-refractivity contribution is 6.33. The van der Waals surface area contributed by atoms with E-state index in [4.69, 9.17) is 16.3 Å². The lowest BCUT2D eigenvalue weighted by atomic mass is 9.90. The summed E-state index contributed by atoms with van der Waals surface area (Å²) in [5.41, 5.74) is -0.491. The summed E-state index contributed by atoms with van der Waals surface area (Å²) >= 11 is 5.84. The van der Waals surface area contributed by atoms with Gasteiger partial charge >= 0.3 is 0 Å². The minimum atomic E-state index is -0.687. The van der Waals surface area contributed by atoms with Crippen LogP contribution in [0.3, 0.4) is 0 Å². The predicted octanol–water partition coefficient (Wildman–Crippen LogP) is 1.75. The Morgan fingerprint density at radius 3 is 2.74 bits per heavy atom. The zero-order chi connectivity index (χ0) is 13.9. The number of carbonyl (C=O) groups excluding carboxylic acids is 1. The summed E-state index contributed by atoms with van der Waals surface area (Å²) in [6.45, 7) is 0.802. The number of benzene rings is 1. The van der Waals surface area contributed by atoms with Crippen molar-refractivity contribution in [3.05, 3.63) is 34.6 Å². The number of amides is 1. The van der Waals surface area contributed by atoms with Crippen LogP contribution >= 0.6 is 11.6 Å². The molecule has 1 aromatic carbocycles. The van der Waals surface area contributed by atoms with Crippen LogP contribution in [0.5, 0.6) is 0 Å².